The molecule has 5 nitrogen and oxygen atoms in total. The van der Waals surface area contributed by atoms with Gasteiger partial charge in [-0.3, -0.25) is 0 Å². The molecule has 0 saturated heterocycles. The first kappa shape index (κ1) is 12.6. The number of rotatable bonds is 4. The summed E-state index contributed by atoms with van der Waals surface area (Å²) < 4.78 is 26.2. The minimum Gasteiger partial charge on any atom is -0.389 e. The summed E-state index contributed by atoms with van der Waals surface area (Å²) in [5.74, 6) is 2.84. The van der Waals surface area contributed by atoms with E-state index >= 15 is 0 Å². The van der Waals surface area contributed by atoms with E-state index in [4.69, 9.17) is 5.84 Å². The highest BCUT2D eigenvalue weighted by Gasteiger charge is 2.15. The SMILES string of the molecule is CC(C)(O)CNc1nc(NN)c(F)cc1F. The minimum absolute atomic E-state index is 0.0760. The van der Waals surface area contributed by atoms with E-state index in [1.54, 1.807) is 13.8 Å². The van der Waals surface area contributed by atoms with Crippen LogP contribution in [-0.2, 0) is 0 Å². The molecule has 0 spiro atoms. The highest BCUT2D eigenvalue weighted by Crippen LogP contribution is 2.18. The van der Waals surface area contributed by atoms with Crippen LogP contribution in [-0.4, -0.2) is 22.2 Å². The molecule has 1 heterocycles. The Kier molecular flexibility index (Phi) is 3.61. The fourth-order valence-electron chi connectivity index (χ4n) is 0.992. The maximum absolute atomic E-state index is 13.2. The van der Waals surface area contributed by atoms with E-state index < -0.39 is 17.2 Å². The Labute approximate surface area is 91.6 Å². The Bertz CT molecular complexity index is 379. The Morgan fingerprint density at radius 2 is 1.94 bits per heavy atom. The number of nitrogens with two attached hydrogens (primary N) is 1. The van der Waals surface area contributed by atoms with Gasteiger partial charge in [0.1, 0.15) is 0 Å². The van der Waals surface area contributed by atoms with Crippen molar-refractivity contribution in [1.82, 2.24) is 4.98 Å². The standard InChI is InChI=1S/C9H14F2N4O/c1-9(2,16)4-13-7-5(10)3-6(11)8(14-7)15-12/h3,16H,4,12H2,1-2H3,(H2,13,14,15). The Balaban J connectivity index is 2.88. The summed E-state index contributed by atoms with van der Waals surface area (Å²) in [5, 5.41) is 12.0. The molecular formula is C9H14F2N4O. The van der Waals surface area contributed by atoms with E-state index in [1.165, 1.54) is 0 Å². The number of nitrogens with zero attached hydrogens (tertiary/aromatic N) is 1. The zero-order valence-corrected chi connectivity index (χ0v) is 9.01. The normalized spacial score (nSPS) is 11.4. The Morgan fingerprint density at radius 3 is 2.44 bits per heavy atom. The van der Waals surface area contributed by atoms with E-state index in [2.05, 4.69) is 10.3 Å². The van der Waals surface area contributed by atoms with Crippen molar-refractivity contribution < 1.29 is 13.9 Å². The van der Waals surface area contributed by atoms with Crippen molar-refractivity contribution in [2.75, 3.05) is 17.3 Å². The average Bonchev–Trinajstić information content (AvgIpc) is 2.15. The Morgan fingerprint density at radius 1 is 1.38 bits per heavy atom. The maximum atomic E-state index is 13.2. The van der Waals surface area contributed by atoms with Crippen molar-refractivity contribution in [3.05, 3.63) is 17.7 Å². The van der Waals surface area contributed by atoms with Gasteiger partial charge in [-0.2, -0.15) is 0 Å². The number of pyridine rings is 1. The van der Waals surface area contributed by atoms with Crippen LogP contribution in [0.25, 0.3) is 0 Å². The van der Waals surface area contributed by atoms with E-state index in [0.29, 0.717) is 6.07 Å². The Hall–Kier alpha value is -1.47. The molecule has 16 heavy (non-hydrogen) atoms. The molecule has 0 radical (unpaired) electrons. The first-order valence-electron chi connectivity index (χ1n) is 4.62. The van der Waals surface area contributed by atoms with Crippen LogP contribution in [0.4, 0.5) is 20.4 Å². The van der Waals surface area contributed by atoms with Crippen LogP contribution in [0.1, 0.15) is 13.8 Å². The summed E-state index contributed by atoms with van der Waals surface area (Å²) in [6, 6.07) is 0.662. The van der Waals surface area contributed by atoms with Crippen LogP contribution in [0.5, 0.6) is 0 Å². The summed E-state index contributed by atoms with van der Waals surface area (Å²) in [5.41, 5.74) is 0.976. The number of hydrogen-bond acceptors (Lipinski definition) is 5. The molecular weight excluding hydrogens is 218 g/mol. The van der Waals surface area contributed by atoms with Gasteiger partial charge in [-0.25, -0.2) is 19.6 Å². The van der Waals surface area contributed by atoms with Crippen LogP contribution in [0.15, 0.2) is 6.07 Å². The van der Waals surface area contributed by atoms with Crippen molar-refractivity contribution in [3.8, 4) is 0 Å². The molecule has 0 fully saturated rings. The summed E-state index contributed by atoms with van der Waals surface area (Å²) in [6.07, 6.45) is 0. The lowest BCUT2D eigenvalue weighted by Crippen LogP contribution is -2.30. The van der Waals surface area contributed by atoms with Gasteiger partial charge in [0.15, 0.2) is 23.3 Å². The van der Waals surface area contributed by atoms with Crippen LogP contribution < -0.4 is 16.6 Å². The van der Waals surface area contributed by atoms with Gasteiger partial charge in [-0.05, 0) is 13.8 Å². The molecule has 0 aliphatic heterocycles. The predicted octanol–water partition coefficient (Wildman–Crippen LogP) is 0.828. The van der Waals surface area contributed by atoms with E-state index in [1.807, 2.05) is 5.43 Å². The molecule has 90 valence electrons. The number of aromatic nitrogens is 1. The number of aliphatic hydroxyl groups is 1. The number of hydrogen-bond donors (Lipinski definition) is 4. The van der Waals surface area contributed by atoms with Crippen molar-refractivity contribution in [2.24, 2.45) is 5.84 Å². The van der Waals surface area contributed by atoms with Crippen LogP contribution in [0.3, 0.4) is 0 Å². The summed E-state index contributed by atoms with van der Waals surface area (Å²) in [4.78, 5) is 3.59. The third-order valence-electron chi connectivity index (χ3n) is 1.75. The molecule has 0 aromatic carbocycles. The lowest BCUT2D eigenvalue weighted by atomic mass is 10.1. The fourth-order valence-corrected chi connectivity index (χ4v) is 0.992. The second-order valence-corrected chi connectivity index (χ2v) is 3.96. The molecule has 0 saturated carbocycles. The van der Waals surface area contributed by atoms with E-state index in [-0.39, 0.29) is 18.2 Å². The number of hydrazine groups is 1. The monoisotopic (exact) mass is 232 g/mol. The smallest absolute Gasteiger partial charge is 0.178 e. The second kappa shape index (κ2) is 4.58. The summed E-state index contributed by atoms with van der Waals surface area (Å²) in [6.45, 7) is 3.17. The number of anilines is 2. The number of halogens is 2. The van der Waals surface area contributed by atoms with Crippen LogP contribution >= 0.6 is 0 Å². The zero-order chi connectivity index (χ0) is 12.3. The second-order valence-electron chi connectivity index (χ2n) is 3.96. The van der Waals surface area contributed by atoms with Gasteiger partial charge in [0.05, 0.1) is 5.60 Å². The third-order valence-corrected chi connectivity index (χ3v) is 1.75. The molecule has 1 rings (SSSR count). The van der Waals surface area contributed by atoms with Crippen LogP contribution in [0, 0.1) is 11.6 Å². The van der Waals surface area contributed by atoms with Gasteiger partial charge in [-0.1, -0.05) is 0 Å². The highest BCUT2D eigenvalue weighted by molar-refractivity contribution is 5.46. The molecule has 0 amide bonds. The fraction of sp³-hybridized carbons (Fsp3) is 0.444. The molecule has 1 aromatic heterocycles. The molecule has 0 aliphatic rings. The molecule has 5 N–H and O–H groups in total. The van der Waals surface area contributed by atoms with Crippen molar-refractivity contribution >= 4 is 11.6 Å². The predicted molar refractivity (Wildman–Crippen MR) is 56.8 cm³/mol. The minimum atomic E-state index is -1.03. The molecule has 0 atom stereocenters. The largest absolute Gasteiger partial charge is 0.389 e. The van der Waals surface area contributed by atoms with Gasteiger partial charge in [0.2, 0.25) is 0 Å². The van der Waals surface area contributed by atoms with Crippen molar-refractivity contribution in [3.63, 3.8) is 0 Å². The highest BCUT2D eigenvalue weighted by atomic mass is 19.1. The van der Waals surface area contributed by atoms with Gasteiger partial charge in [-0.15, -0.1) is 0 Å². The first-order chi connectivity index (χ1) is 7.33. The lowest BCUT2D eigenvalue weighted by molar-refractivity contribution is 0.0943. The van der Waals surface area contributed by atoms with E-state index in [9.17, 15) is 13.9 Å². The van der Waals surface area contributed by atoms with Gasteiger partial charge in [0, 0.05) is 12.6 Å². The average molecular weight is 232 g/mol. The molecule has 0 bridgehead atoms. The number of nitrogen functional groups attached to an aromatic ring is 1. The zero-order valence-electron chi connectivity index (χ0n) is 9.01. The molecule has 1 aromatic rings. The third kappa shape index (κ3) is 3.28. The topological polar surface area (TPSA) is 83.2 Å². The summed E-state index contributed by atoms with van der Waals surface area (Å²) in [7, 11) is 0. The van der Waals surface area contributed by atoms with Gasteiger partial charge < -0.3 is 15.8 Å². The first-order valence-corrected chi connectivity index (χ1v) is 4.62. The number of nitrogens with one attached hydrogen (secondary N) is 2. The lowest BCUT2D eigenvalue weighted by Gasteiger charge is -2.18. The van der Waals surface area contributed by atoms with Gasteiger partial charge in [0.25, 0.3) is 0 Å². The molecule has 7 heteroatoms. The maximum Gasteiger partial charge on any atom is 0.178 e. The van der Waals surface area contributed by atoms with E-state index in [0.717, 1.165) is 0 Å². The molecule has 0 unspecified atom stereocenters. The quantitative estimate of drug-likeness (QED) is 0.456. The van der Waals surface area contributed by atoms with Crippen molar-refractivity contribution in [1.29, 1.82) is 0 Å². The van der Waals surface area contributed by atoms with Gasteiger partial charge >= 0.3 is 0 Å². The summed E-state index contributed by atoms with van der Waals surface area (Å²) >= 11 is 0. The molecule has 0 aliphatic carbocycles. The van der Waals surface area contributed by atoms with Crippen molar-refractivity contribution in [2.45, 2.75) is 19.4 Å². The van der Waals surface area contributed by atoms with Crippen LogP contribution in [0.2, 0.25) is 0 Å².